The Labute approximate surface area is 157 Å². The second kappa shape index (κ2) is 8.07. The Bertz CT molecular complexity index is 958. The molecule has 0 aliphatic carbocycles. The standard InChI is InChI=1S/C20H22N4O3/c1-4-27-20(26)16-12-21-18-17(10-7-14(3)24(18)19(16)25)23-22-11-15-8-5-13(2)6-9-15/h5-6,8-9,11-12,14H,4,7,10H2,1-3H3/b22-11+,23-17+. The van der Waals surface area contributed by atoms with Crippen LogP contribution in [-0.2, 0) is 4.74 Å². The summed E-state index contributed by atoms with van der Waals surface area (Å²) in [4.78, 5) is 29.0. The van der Waals surface area contributed by atoms with Crippen molar-refractivity contribution in [2.45, 2.75) is 39.7 Å². The highest BCUT2D eigenvalue weighted by Crippen LogP contribution is 2.22. The van der Waals surface area contributed by atoms with Crippen molar-refractivity contribution in [3.63, 3.8) is 0 Å². The molecule has 0 radical (unpaired) electrons. The number of carbonyl (C=O) groups excluding carboxylic acids is 1. The third-order valence-electron chi connectivity index (χ3n) is 4.45. The number of aromatic nitrogens is 2. The Kier molecular flexibility index (Phi) is 5.59. The van der Waals surface area contributed by atoms with Crippen LogP contribution in [0.25, 0.3) is 0 Å². The van der Waals surface area contributed by atoms with Gasteiger partial charge in [-0.1, -0.05) is 29.8 Å². The molecule has 140 valence electrons. The fraction of sp³-hybridized carbons (Fsp3) is 0.350. The number of rotatable bonds is 4. The third-order valence-corrected chi connectivity index (χ3v) is 4.45. The first kappa shape index (κ1) is 18.7. The zero-order valence-electron chi connectivity index (χ0n) is 15.7. The van der Waals surface area contributed by atoms with Gasteiger partial charge < -0.3 is 4.74 Å². The number of carbonyl (C=O) groups is 1. The second-order valence-electron chi connectivity index (χ2n) is 6.48. The van der Waals surface area contributed by atoms with E-state index in [1.165, 1.54) is 16.3 Å². The van der Waals surface area contributed by atoms with Gasteiger partial charge in [-0.05, 0) is 39.2 Å². The van der Waals surface area contributed by atoms with E-state index in [0.717, 1.165) is 12.0 Å². The van der Waals surface area contributed by atoms with E-state index >= 15 is 0 Å². The predicted molar refractivity (Wildman–Crippen MR) is 104 cm³/mol. The SMILES string of the molecule is CCOC(=O)c1cnc2n(c1=O)C(C)CC/C2=N\N=C\c1ccc(C)cc1. The van der Waals surface area contributed by atoms with Crippen LogP contribution in [0.5, 0.6) is 0 Å². The predicted octanol–water partition coefficient (Wildman–Crippen LogP) is 2.91. The van der Waals surface area contributed by atoms with Gasteiger partial charge in [0.2, 0.25) is 0 Å². The van der Waals surface area contributed by atoms with E-state index in [0.29, 0.717) is 18.0 Å². The molecule has 0 N–H and O–H groups in total. The molecule has 1 unspecified atom stereocenters. The molecule has 7 heteroatoms. The Morgan fingerprint density at radius 1 is 1.37 bits per heavy atom. The van der Waals surface area contributed by atoms with Gasteiger partial charge >= 0.3 is 5.97 Å². The molecule has 0 saturated heterocycles. The minimum Gasteiger partial charge on any atom is -0.462 e. The van der Waals surface area contributed by atoms with Gasteiger partial charge in [0, 0.05) is 12.2 Å². The fourth-order valence-electron chi connectivity index (χ4n) is 2.94. The Hall–Kier alpha value is -3.09. The van der Waals surface area contributed by atoms with Crippen LogP contribution in [0.2, 0.25) is 0 Å². The zero-order chi connectivity index (χ0) is 19.4. The number of ether oxygens (including phenoxy) is 1. The Morgan fingerprint density at radius 2 is 2.11 bits per heavy atom. The van der Waals surface area contributed by atoms with Gasteiger partial charge in [0.25, 0.3) is 5.56 Å². The lowest BCUT2D eigenvalue weighted by atomic mass is 10.0. The van der Waals surface area contributed by atoms with Crippen LogP contribution >= 0.6 is 0 Å². The quantitative estimate of drug-likeness (QED) is 0.473. The maximum absolute atomic E-state index is 12.7. The minimum absolute atomic E-state index is 0.0585. The van der Waals surface area contributed by atoms with Gasteiger partial charge in [0.05, 0.1) is 12.8 Å². The molecule has 2 heterocycles. The molecular weight excluding hydrogens is 344 g/mol. The second-order valence-corrected chi connectivity index (χ2v) is 6.48. The number of hydrogen-bond donors (Lipinski definition) is 0. The van der Waals surface area contributed by atoms with Crippen LogP contribution in [0.15, 0.2) is 45.5 Å². The molecule has 2 aromatic rings. The van der Waals surface area contributed by atoms with E-state index in [1.54, 1.807) is 13.1 Å². The van der Waals surface area contributed by atoms with Gasteiger partial charge in [-0.15, -0.1) is 0 Å². The van der Waals surface area contributed by atoms with Gasteiger partial charge in [0.1, 0.15) is 11.3 Å². The van der Waals surface area contributed by atoms with E-state index in [-0.39, 0.29) is 18.2 Å². The molecular formula is C20H22N4O3. The van der Waals surface area contributed by atoms with Crippen molar-refractivity contribution in [3.8, 4) is 0 Å². The van der Waals surface area contributed by atoms with Crippen LogP contribution in [-0.4, -0.2) is 34.1 Å². The molecule has 0 saturated carbocycles. The van der Waals surface area contributed by atoms with Crippen molar-refractivity contribution in [1.82, 2.24) is 9.55 Å². The summed E-state index contributed by atoms with van der Waals surface area (Å²) in [5.74, 6) is -0.202. The molecule has 0 fully saturated rings. The van der Waals surface area contributed by atoms with Crippen molar-refractivity contribution in [2.24, 2.45) is 10.2 Å². The maximum atomic E-state index is 12.7. The summed E-state index contributed by atoms with van der Waals surface area (Å²) in [6.45, 7) is 5.85. The van der Waals surface area contributed by atoms with Crippen LogP contribution < -0.4 is 5.56 Å². The molecule has 1 aliphatic heterocycles. The van der Waals surface area contributed by atoms with Crippen molar-refractivity contribution >= 4 is 17.9 Å². The van der Waals surface area contributed by atoms with Crippen LogP contribution in [0.1, 0.15) is 60.0 Å². The van der Waals surface area contributed by atoms with E-state index in [4.69, 9.17) is 4.74 Å². The summed E-state index contributed by atoms with van der Waals surface area (Å²) in [6, 6.07) is 7.86. The summed E-state index contributed by atoms with van der Waals surface area (Å²) < 4.78 is 6.45. The summed E-state index contributed by atoms with van der Waals surface area (Å²) >= 11 is 0. The molecule has 27 heavy (non-hydrogen) atoms. The zero-order valence-corrected chi connectivity index (χ0v) is 15.7. The largest absolute Gasteiger partial charge is 0.462 e. The average molecular weight is 366 g/mol. The topological polar surface area (TPSA) is 85.9 Å². The number of benzene rings is 1. The van der Waals surface area contributed by atoms with Gasteiger partial charge in [-0.3, -0.25) is 9.36 Å². The minimum atomic E-state index is -0.654. The number of nitrogens with zero attached hydrogens (tertiary/aromatic N) is 4. The molecule has 0 bridgehead atoms. The highest BCUT2D eigenvalue weighted by molar-refractivity contribution is 5.99. The van der Waals surface area contributed by atoms with Gasteiger partial charge in [0.15, 0.2) is 5.82 Å². The van der Waals surface area contributed by atoms with E-state index < -0.39 is 11.5 Å². The normalized spacial score (nSPS) is 17.9. The Morgan fingerprint density at radius 3 is 2.81 bits per heavy atom. The molecule has 1 atom stereocenters. The molecule has 7 nitrogen and oxygen atoms in total. The molecule has 1 aliphatic rings. The van der Waals surface area contributed by atoms with Crippen molar-refractivity contribution in [1.29, 1.82) is 0 Å². The Balaban J connectivity index is 1.94. The van der Waals surface area contributed by atoms with Crippen molar-refractivity contribution in [2.75, 3.05) is 6.61 Å². The summed E-state index contributed by atoms with van der Waals surface area (Å²) in [6.07, 6.45) is 4.32. The summed E-state index contributed by atoms with van der Waals surface area (Å²) in [7, 11) is 0. The summed E-state index contributed by atoms with van der Waals surface area (Å²) in [5, 5.41) is 8.43. The fourth-order valence-corrected chi connectivity index (χ4v) is 2.94. The first-order valence-electron chi connectivity index (χ1n) is 8.97. The average Bonchev–Trinajstić information content (AvgIpc) is 2.65. The van der Waals surface area contributed by atoms with Crippen molar-refractivity contribution < 1.29 is 9.53 Å². The number of hydrogen-bond acceptors (Lipinski definition) is 6. The number of aryl methyl sites for hydroxylation is 1. The van der Waals surface area contributed by atoms with E-state index in [2.05, 4.69) is 15.2 Å². The van der Waals surface area contributed by atoms with E-state index in [9.17, 15) is 9.59 Å². The third kappa shape index (κ3) is 4.02. The first-order valence-corrected chi connectivity index (χ1v) is 8.97. The van der Waals surface area contributed by atoms with E-state index in [1.807, 2.05) is 38.1 Å². The van der Waals surface area contributed by atoms with Crippen LogP contribution in [0, 0.1) is 6.92 Å². The van der Waals surface area contributed by atoms with Gasteiger partial charge in [-0.25, -0.2) is 9.78 Å². The lowest BCUT2D eigenvalue weighted by Crippen LogP contribution is -2.37. The molecule has 0 spiro atoms. The monoisotopic (exact) mass is 366 g/mol. The highest BCUT2D eigenvalue weighted by Gasteiger charge is 2.26. The molecule has 0 amide bonds. The lowest BCUT2D eigenvalue weighted by molar-refractivity contribution is 0.0522. The number of fused-ring (bicyclic) bond motifs is 1. The van der Waals surface area contributed by atoms with Gasteiger partial charge in [-0.2, -0.15) is 10.2 Å². The smallest absolute Gasteiger partial charge is 0.345 e. The highest BCUT2D eigenvalue weighted by atomic mass is 16.5. The molecule has 1 aromatic carbocycles. The maximum Gasteiger partial charge on any atom is 0.345 e. The first-order chi connectivity index (χ1) is 13.0. The van der Waals surface area contributed by atoms with Crippen LogP contribution in [0.4, 0.5) is 0 Å². The summed E-state index contributed by atoms with van der Waals surface area (Å²) in [5.41, 5.74) is 2.29. The lowest BCUT2D eigenvalue weighted by Gasteiger charge is -2.24. The number of esters is 1. The van der Waals surface area contributed by atoms with Crippen LogP contribution in [0.3, 0.4) is 0 Å². The van der Waals surface area contributed by atoms with Crippen molar-refractivity contribution in [3.05, 3.63) is 63.3 Å². The molecule has 1 aromatic heterocycles. The molecule has 3 rings (SSSR count).